The molecule has 0 unspecified atom stereocenters. The van der Waals surface area contributed by atoms with Crippen molar-refractivity contribution in [1.29, 1.82) is 0 Å². The highest BCUT2D eigenvalue weighted by molar-refractivity contribution is 6.31. The normalized spacial score (nSPS) is 10.9. The highest BCUT2D eigenvalue weighted by Crippen LogP contribution is 2.28. The number of hydrogen-bond acceptors (Lipinski definition) is 4. The molecule has 0 saturated carbocycles. The lowest BCUT2D eigenvalue weighted by molar-refractivity contribution is 0.0914. The predicted molar refractivity (Wildman–Crippen MR) is 97.4 cm³/mol. The van der Waals surface area contributed by atoms with E-state index in [0.717, 1.165) is 0 Å². The van der Waals surface area contributed by atoms with Gasteiger partial charge in [-0.15, -0.1) is 0 Å². The second kappa shape index (κ2) is 7.53. The second-order valence-corrected chi connectivity index (χ2v) is 6.87. The molecule has 2 aromatic rings. The van der Waals surface area contributed by atoms with Gasteiger partial charge < -0.3 is 15.4 Å². The summed E-state index contributed by atoms with van der Waals surface area (Å²) in [6.07, 6.45) is 1.42. The van der Waals surface area contributed by atoms with Crippen LogP contribution < -0.4 is 15.4 Å². The number of pyridine rings is 1. The largest absolute Gasteiger partial charge is 0.495 e. The van der Waals surface area contributed by atoms with Crippen molar-refractivity contribution in [2.75, 3.05) is 12.4 Å². The maximum atomic E-state index is 12.5. The van der Waals surface area contributed by atoms with E-state index in [0.29, 0.717) is 22.0 Å². The zero-order valence-electron chi connectivity index (χ0n) is 14.5. The van der Waals surface area contributed by atoms with Crippen molar-refractivity contribution in [2.24, 2.45) is 0 Å². The minimum Gasteiger partial charge on any atom is -0.495 e. The van der Waals surface area contributed by atoms with Gasteiger partial charge in [0.15, 0.2) is 0 Å². The van der Waals surface area contributed by atoms with Gasteiger partial charge in [-0.2, -0.15) is 0 Å². The molecule has 0 radical (unpaired) electrons. The van der Waals surface area contributed by atoms with Crippen LogP contribution in [-0.2, 0) is 0 Å². The molecule has 6 nitrogen and oxygen atoms in total. The van der Waals surface area contributed by atoms with Gasteiger partial charge in [0.05, 0.1) is 12.8 Å². The Kier molecular flexibility index (Phi) is 5.64. The third-order valence-corrected chi connectivity index (χ3v) is 3.39. The summed E-state index contributed by atoms with van der Waals surface area (Å²) >= 11 is 5.96. The van der Waals surface area contributed by atoms with E-state index in [1.165, 1.54) is 25.4 Å². The standard InChI is InChI=1S/C18H20ClN3O3/c1-18(2,3)22-17(24)14-9-11(7-8-20-14)16(23)21-13-10-12(19)5-6-15(13)25-4/h5-10H,1-4H3,(H,21,23)(H,22,24). The lowest BCUT2D eigenvalue weighted by Gasteiger charge is -2.20. The molecule has 0 atom stereocenters. The minimum atomic E-state index is -0.398. The Labute approximate surface area is 151 Å². The fourth-order valence-corrected chi connectivity index (χ4v) is 2.25. The molecule has 1 aromatic carbocycles. The number of rotatable bonds is 4. The van der Waals surface area contributed by atoms with Gasteiger partial charge >= 0.3 is 0 Å². The molecule has 132 valence electrons. The molecule has 25 heavy (non-hydrogen) atoms. The van der Waals surface area contributed by atoms with Crippen LogP contribution in [0.3, 0.4) is 0 Å². The van der Waals surface area contributed by atoms with Crippen molar-refractivity contribution in [3.8, 4) is 5.75 Å². The fourth-order valence-electron chi connectivity index (χ4n) is 2.07. The van der Waals surface area contributed by atoms with E-state index in [2.05, 4.69) is 15.6 Å². The summed E-state index contributed by atoms with van der Waals surface area (Å²) in [5.74, 6) is -0.257. The Hall–Kier alpha value is -2.60. The van der Waals surface area contributed by atoms with Crippen molar-refractivity contribution in [3.05, 3.63) is 52.8 Å². The molecular weight excluding hydrogens is 342 g/mol. The Balaban J connectivity index is 2.22. The average Bonchev–Trinajstić information content (AvgIpc) is 2.53. The summed E-state index contributed by atoms with van der Waals surface area (Å²) in [7, 11) is 1.50. The van der Waals surface area contributed by atoms with Crippen LogP contribution in [0.1, 0.15) is 41.6 Å². The third kappa shape index (κ3) is 5.19. The number of carbonyl (C=O) groups is 2. The van der Waals surface area contributed by atoms with Crippen LogP contribution in [0.25, 0.3) is 0 Å². The van der Waals surface area contributed by atoms with Crippen LogP contribution in [0.2, 0.25) is 5.02 Å². The van der Waals surface area contributed by atoms with Crippen molar-refractivity contribution in [2.45, 2.75) is 26.3 Å². The maximum absolute atomic E-state index is 12.5. The third-order valence-electron chi connectivity index (χ3n) is 3.15. The Bertz CT molecular complexity index is 800. The first-order valence-electron chi connectivity index (χ1n) is 7.63. The molecule has 0 spiro atoms. The Morgan fingerprint density at radius 2 is 1.84 bits per heavy atom. The molecule has 0 aliphatic rings. The second-order valence-electron chi connectivity index (χ2n) is 6.43. The molecule has 0 saturated heterocycles. The van der Waals surface area contributed by atoms with Gasteiger partial charge in [0, 0.05) is 22.3 Å². The SMILES string of the molecule is COc1ccc(Cl)cc1NC(=O)c1ccnc(C(=O)NC(C)(C)C)c1. The number of amides is 2. The molecule has 0 aliphatic heterocycles. The summed E-state index contributed by atoms with van der Waals surface area (Å²) in [5.41, 5.74) is 0.514. The monoisotopic (exact) mass is 361 g/mol. The van der Waals surface area contributed by atoms with Crippen LogP contribution in [0.5, 0.6) is 5.75 Å². The van der Waals surface area contributed by atoms with Gasteiger partial charge in [-0.3, -0.25) is 14.6 Å². The number of methoxy groups -OCH3 is 1. The topological polar surface area (TPSA) is 80.3 Å². The summed E-state index contributed by atoms with van der Waals surface area (Å²) in [4.78, 5) is 28.7. The number of nitrogens with zero attached hydrogens (tertiary/aromatic N) is 1. The summed E-state index contributed by atoms with van der Waals surface area (Å²) in [6.45, 7) is 5.60. The lowest BCUT2D eigenvalue weighted by Crippen LogP contribution is -2.41. The number of benzene rings is 1. The number of aromatic nitrogens is 1. The van der Waals surface area contributed by atoms with Crippen molar-refractivity contribution in [3.63, 3.8) is 0 Å². The molecule has 2 N–H and O–H groups in total. The first kappa shape index (κ1) is 18.7. The number of halogens is 1. The summed E-state index contributed by atoms with van der Waals surface area (Å²) in [6, 6.07) is 7.88. The van der Waals surface area contributed by atoms with E-state index >= 15 is 0 Å². The average molecular weight is 362 g/mol. The van der Waals surface area contributed by atoms with E-state index in [1.807, 2.05) is 20.8 Å². The number of nitrogens with one attached hydrogen (secondary N) is 2. The zero-order valence-corrected chi connectivity index (χ0v) is 15.3. The van der Waals surface area contributed by atoms with Crippen LogP contribution in [0.4, 0.5) is 5.69 Å². The smallest absolute Gasteiger partial charge is 0.270 e. The number of ether oxygens (including phenoxy) is 1. The highest BCUT2D eigenvalue weighted by atomic mass is 35.5. The molecule has 1 heterocycles. The fraction of sp³-hybridized carbons (Fsp3) is 0.278. The molecule has 7 heteroatoms. The van der Waals surface area contributed by atoms with Crippen molar-refractivity contribution >= 4 is 29.1 Å². The predicted octanol–water partition coefficient (Wildman–Crippen LogP) is 3.52. The van der Waals surface area contributed by atoms with Crippen molar-refractivity contribution < 1.29 is 14.3 Å². The van der Waals surface area contributed by atoms with Gasteiger partial charge in [0.2, 0.25) is 0 Å². The molecule has 0 bridgehead atoms. The number of carbonyl (C=O) groups excluding carboxylic acids is 2. The van der Waals surface area contributed by atoms with Gasteiger partial charge in [0.25, 0.3) is 11.8 Å². The minimum absolute atomic E-state index is 0.167. The molecule has 0 aliphatic carbocycles. The lowest BCUT2D eigenvalue weighted by atomic mass is 10.1. The summed E-state index contributed by atoms with van der Waals surface area (Å²) < 4.78 is 5.20. The van der Waals surface area contributed by atoms with E-state index in [1.54, 1.807) is 18.2 Å². The van der Waals surface area contributed by atoms with Gasteiger partial charge in [-0.05, 0) is 51.1 Å². The molecule has 2 amide bonds. The van der Waals surface area contributed by atoms with Crippen molar-refractivity contribution in [1.82, 2.24) is 10.3 Å². The van der Waals surface area contributed by atoms with E-state index in [-0.39, 0.29) is 11.6 Å². The van der Waals surface area contributed by atoms with Crippen LogP contribution in [0.15, 0.2) is 36.5 Å². The quantitative estimate of drug-likeness (QED) is 0.873. The van der Waals surface area contributed by atoms with E-state index in [4.69, 9.17) is 16.3 Å². The van der Waals surface area contributed by atoms with Crippen LogP contribution >= 0.6 is 11.6 Å². The molecular formula is C18H20ClN3O3. The van der Waals surface area contributed by atoms with Crippen LogP contribution in [0, 0.1) is 0 Å². The zero-order chi connectivity index (χ0) is 18.6. The Morgan fingerprint density at radius 3 is 2.48 bits per heavy atom. The highest BCUT2D eigenvalue weighted by Gasteiger charge is 2.18. The first-order chi connectivity index (χ1) is 11.7. The maximum Gasteiger partial charge on any atom is 0.270 e. The van der Waals surface area contributed by atoms with Gasteiger partial charge in [0.1, 0.15) is 11.4 Å². The molecule has 2 rings (SSSR count). The number of anilines is 1. The number of hydrogen-bond donors (Lipinski definition) is 2. The first-order valence-corrected chi connectivity index (χ1v) is 8.01. The molecule has 0 fully saturated rings. The van der Waals surface area contributed by atoms with Gasteiger partial charge in [-0.25, -0.2) is 0 Å². The van der Waals surface area contributed by atoms with E-state index < -0.39 is 11.4 Å². The Morgan fingerprint density at radius 1 is 1.12 bits per heavy atom. The van der Waals surface area contributed by atoms with Crippen LogP contribution in [-0.4, -0.2) is 29.4 Å². The van der Waals surface area contributed by atoms with E-state index in [9.17, 15) is 9.59 Å². The summed E-state index contributed by atoms with van der Waals surface area (Å²) in [5, 5.41) is 6.00. The van der Waals surface area contributed by atoms with Gasteiger partial charge in [-0.1, -0.05) is 11.6 Å². The molecule has 1 aromatic heterocycles.